The lowest BCUT2D eigenvalue weighted by Gasteiger charge is -2.22. The largest absolute Gasteiger partial charge is 0.483 e. The number of rotatable bonds is 5. The molecule has 114 valence electrons. The molecule has 21 heavy (non-hydrogen) atoms. The van der Waals surface area contributed by atoms with Gasteiger partial charge in [-0.05, 0) is 25.0 Å². The summed E-state index contributed by atoms with van der Waals surface area (Å²) in [6.07, 6.45) is 5.46. The summed E-state index contributed by atoms with van der Waals surface area (Å²) in [7, 11) is 0. The number of aromatic carboxylic acids is 1. The van der Waals surface area contributed by atoms with Crippen LogP contribution in [0.1, 0.15) is 42.5 Å². The highest BCUT2D eigenvalue weighted by atomic mass is 16.5. The minimum atomic E-state index is -1.17. The van der Waals surface area contributed by atoms with Crippen molar-refractivity contribution in [2.75, 3.05) is 12.3 Å². The van der Waals surface area contributed by atoms with Gasteiger partial charge in [-0.3, -0.25) is 4.79 Å². The Morgan fingerprint density at radius 3 is 2.67 bits per heavy atom. The van der Waals surface area contributed by atoms with Crippen LogP contribution in [0.3, 0.4) is 0 Å². The van der Waals surface area contributed by atoms with Gasteiger partial charge in [0.25, 0.3) is 5.91 Å². The van der Waals surface area contributed by atoms with Gasteiger partial charge in [-0.1, -0.05) is 25.3 Å². The molecule has 0 aromatic heterocycles. The quantitative estimate of drug-likeness (QED) is 0.718. The minimum Gasteiger partial charge on any atom is -0.483 e. The summed E-state index contributed by atoms with van der Waals surface area (Å²) in [4.78, 5) is 23.0. The van der Waals surface area contributed by atoms with Gasteiger partial charge >= 0.3 is 5.97 Å². The number of amides is 1. The van der Waals surface area contributed by atoms with Crippen molar-refractivity contribution in [3.8, 4) is 5.75 Å². The average molecular weight is 292 g/mol. The Bertz CT molecular complexity index is 524. The zero-order valence-electron chi connectivity index (χ0n) is 11.8. The van der Waals surface area contributed by atoms with E-state index in [0.29, 0.717) is 0 Å². The second-order valence-corrected chi connectivity index (χ2v) is 5.22. The van der Waals surface area contributed by atoms with E-state index in [4.69, 9.17) is 15.6 Å². The molecule has 0 saturated heterocycles. The first-order valence-corrected chi connectivity index (χ1v) is 7.12. The fourth-order valence-corrected chi connectivity index (χ4v) is 2.56. The lowest BCUT2D eigenvalue weighted by Crippen LogP contribution is -2.39. The van der Waals surface area contributed by atoms with Crippen molar-refractivity contribution in [3.63, 3.8) is 0 Å². The van der Waals surface area contributed by atoms with Gasteiger partial charge < -0.3 is 20.9 Å². The fraction of sp³-hybridized carbons (Fsp3) is 0.467. The summed E-state index contributed by atoms with van der Waals surface area (Å²) in [5.41, 5.74) is 5.63. The lowest BCUT2D eigenvalue weighted by atomic mass is 9.95. The van der Waals surface area contributed by atoms with Crippen LogP contribution in [0.25, 0.3) is 0 Å². The van der Waals surface area contributed by atoms with Crippen molar-refractivity contribution in [1.29, 1.82) is 0 Å². The van der Waals surface area contributed by atoms with Crippen molar-refractivity contribution in [2.45, 2.75) is 38.1 Å². The number of ether oxygens (including phenoxy) is 1. The number of carboxylic acids is 1. The van der Waals surface area contributed by atoms with Crippen LogP contribution in [0.4, 0.5) is 5.69 Å². The normalized spacial score (nSPS) is 15.4. The van der Waals surface area contributed by atoms with E-state index in [0.717, 1.165) is 25.7 Å². The number of hydrogen-bond acceptors (Lipinski definition) is 4. The summed E-state index contributed by atoms with van der Waals surface area (Å²) in [6.45, 7) is -0.208. The molecule has 2 rings (SSSR count). The molecular weight excluding hydrogens is 272 g/mol. The Labute approximate surface area is 123 Å². The summed E-state index contributed by atoms with van der Waals surface area (Å²) in [6, 6.07) is 4.78. The molecule has 0 aliphatic heterocycles. The van der Waals surface area contributed by atoms with E-state index in [1.807, 2.05) is 0 Å². The van der Waals surface area contributed by atoms with Gasteiger partial charge in [0.15, 0.2) is 6.61 Å². The lowest BCUT2D eigenvalue weighted by molar-refractivity contribution is -0.124. The van der Waals surface area contributed by atoms with Crippen LogP contribution in [0.15, 0.2) is 18.2 Å². The van der Waals surface area contributed by atoms with Crippen molar-refractivity contribution in [1.82, 2.24) is 5.32 Å². The first-order chi connectivity index (χ1) is 10.1. The molecule has 0 heterocycles. The molecule has 0 bridgehead atoms. The van der Waals surface area contributed by atoms with Gasteiger partial charge in [0.05, 0.1) is 0 Å². The summed E-state index contributed by atoms with van der Waals surface area (Å²) in [5, 5.41) is 12.0. The third kappa shape index (κ3) is 4.11. The number of carbonyl (C=O) groups is 2. The van der Waals surface area contributed by atoms with E-state index in [1.54, 1.807) is 6.07 Å². The highest BCUT2D eigenvalue weighted by Gasteiger charge is 2.18. The molecule has 1 aliphatic rings. The molecule has 0 radical (unpaired) electrons. The molecule has 1 saturated carbocycles. The van der Waals surface area contributed by atoms with Crippen molar-refractivity contribution >= 4 is 17.6 Å². The molecule has 6 nitrogen and oxygen atoms in total. The van der Waals surface area contributed by atoms with Crippen LogP contribution in [-0.4, -0.2) is 29.6 Å². The van der Waals surface area contributed by atoms with Gasteiger partial charge in [0.2, 0.25) is 0 Å². The minimum absolute atomic E-state index is 0.108. The SMILES string of the molecule is Nc1cccc(OCC(=O)NC2CCCCC2)c1C(=O)O. The van der Waals surface area contributed by atoms with E-state index >= 15 is 0 Å². The second-order valence-electron chi connectivity index (χ2n) is 5.22. The predicted molar refractivity (Wildman–Crippen MR) is 78.3 cm³/mol. The number of nitrogens with one attached hydrogen (secondary N) is 1. The van der Waals surface area contributed by atoms with Crippen molar-refractivity contribution < 1.29 is 19.4 Å². The van der Waals surface area contributed by atoms with E-state index in [2.05, 4.69) is 5.32 Å². The Balaban J connectivity index is 1.92. The first kappa shape index (κ1) is 15.2. The molecule has 0 unspecified atom stereocenters. The number of nitrogens with two attached hydrogens (primary N) is 1. The van der Waals surface area contributed by atoms with Crippen LogP contribution in [0.5, 0.6) is 5.75 Å². The molecule has 1 amide bonds. The van der Waals surface area contributed by atoms with E-state index < -0.39 is 5.97 Å². The number of benzene rings is 1. The monoisotopic (exact) mass is 292 g/mol. The Morgan fingerprint density at radius 1 is 1.29 bits per heavy atom. The topological polar surface area (TPSA) is 102 Å². The highest BCUT2D eigenvalue weighted by molar-refractivity contribution is 5.96. The summed E-state index contributed by atoms with van der Waals surface area (Å²) in [5.74, 6) is -1.29. The Hall–Kier alpha value is -2.24. The van der Waals surface area contributed by atoms with Crippen LogP contribution in [0.2, 0.25) is 0 Å². The van der Waals surface area contributed by atoms with Gasteiger partial charge in [-0.25, -0.2) is 4.79 Å². The van der Waals surface area contributed by atoms with Crippen molar-refractivity contribution in [2.24, 2.45) is 0 Å². The summed E-state index contributed by atoms with van der Waals surface area (Å²) < 4.78 is 5.31. The second kappa shape index (κ2) is 6.97. The number of anilines is 1. The molecule has 4 N–H and O–H groups in total. The maximum Gasteiger partial charge on any atom is 0.341 e. The van der Waals surface area contributed by atoms with Gasteiger partial charge in [0, 0.05) is 11.7 Å². The van der Waals surface area contributed by atoms with E-state index in [-0.39, 0.29) is 35.6 Å². The maximum atomic E-state index is 11.8. The zero-order chi connectivity index (χ0) is 15.2. The standard InChI is InChI=1S/C15H20N2O4/c16-11-7-4-8-12(14(11)15(19)20)21-9-13(18)17-10-5-2-1-3-6-10/h4,7-8,10H,1-3,5-6,9,16H2,(H,17,18)(H,19,20). The van der Waals surface area contributed by atoms with Gasteiger partial charge in [-0.15, -0.1) is 0 Å². The van der Waals surface area contributed by atoms with Crippen LogP contribution < -0.4 is 15.8 Å². The third-order valence-corrected chi connectivity index (χ3v) is 3.60. The number of carbonyl (C=O) groups excluding carboxylic acids is 1. The van der Waals surface area contributed by atoms with E-state index in [9.17, 15) is 9.59 Å². The molecule has 1 aromatic rings. The average Bonchev–Trinajstić information content (AvgIpc) is 2.45. The highest BCUT2D eigenvalue weighted by Crippen LogP contribution is 2.24. The van der Waals surface area contributed by atoms with Crippen LogP contribution in [-0.2, 0) is 4.79 Å². The van der Waals surface area contributed by atoms with E-state index in [1.165, 1.54) is 18.6 Å². The molecule has 1 aliphatic carbocycles. The third-order valence-electron chi connectivity index (χ3n) is 3.60. The van der Waals surface area contributed by atoms with Gasteiger partial charge in [-0.2, -0.15) is 0 Å². The Morgan fingerprint density at radius 2 is 2.00 bits per heavy atom. The molecule has 0 spiro atoms. The number of nitrogen functional groups attached to an aromatic ring is 1. The van der Waals surface area contributed by atoms with Crippen LogP contribution >= 0.6 is 0 Å². The predicted octanol–water partition coefficient (Wildman–Crippen LogP) is 1.79. The van der Waals surface area contributed by atoms with Crippen LogP contribution in [0, 0.1) is 0 Å². The number of hydrogen-bond donors (Lipinski definition) is 3. The molecule has 6 heteroatoms. The van der Waals surface area contributed by atoms with Gasteiger partial charge in [0.1, 0.15) is 11.3 Å². The molecule has 1 aromatic carbocycles. The molecule has 0 atom stereocenters. The fourth-order valence-electron chi connectivity index (χ4n) is 2.56. The molecular formula is C15H20N2O4. The maximum absolute atomic E-state index is 11.8. The summed E-state index contributed by atoms with van der Waals surface area (Å²) >= 11 is 0. The molecule has 1 fully saturated rings. The smallest absolute Gasteiger partial charge is 0.341 e. The first-order valence-electron chi connectivity index (χ1n) is 7.12. The van der Waals surface area contributed by atoms with Crippen molar-refractivity contribution in [3.05, 3.63) is 23.8 Å². The Kier molecular flexibility index (Phi) is 5.03. The zero-order valence-corrected chi connectivity index (χ0v) is 11.8. The number of carboxylic acid groups (broad SMARTS) is 1.